The van der Waals surface area contributed by atoms with Gasteiger partial charge in [0.2, 0.25) is 15.9 Å². The van der Waals surface area contributed by atoms with Crippen molar-refractivity contribution in [3.63, 3.8) is 0 Å². The summed E-state index contributed by atoms with van der Waals surface area (Å²) in [5, 5.41) is 2.41. The molecule has 0 aliphatic heterocycles. The summed E-state index contributed by atoms with van der Waals surface area (Å²) in [6.45, 7) is 3.66. The Labute approximate surface area is 84.3 Å². The summed E-state index contributed by atoms with van der Waals surface area (Å²) < 4.78 is 24.5. The first kappa shape index (κ1) is 13.3. The van der Waals surface area contributed by atoms with Crippen molar-refractivity contribution in [1.82, 2.24) is 10.0 Å². The largest absolute Gasteiger partial charge is 0.354 e. The number of nitrogens with one attached hydrogen (secondary N) is 2. The van der Waals surface area contributed by atoms with Crippen molar-refractivity contribution in [1.29, 1.82) is 0 Å². The van der Waals surface area contributed by atoms with E-state index in [0.717, 1.165) is 0 Å². The SMILES string of the molecule is CCNS(=O)(=O)CCNC(=O)[C@@H](C)N. The van der Waals surface area contributed by atoms with Gasteiger partial charge in [-0.15, -0.1) is 0 Å². The summed E-state index contributed by atoms with van der Waals surface area (Å²) in [5.74, 6) is -0.476. The van der Waals surface area contributed by atoms with E-state index in [1.807, 2.05) is 0 Å². The molecule has 0 aromatic heterocycles. The highest BCUT2D eigenvalue weighted by molar-refractivity contribution is 7.89. The van der Waals surface area contributed by atoms with Gasteiger partial charge in [-0.25, -0.2) is 13.1 Å². The first-order valence-electron chi connectivity index (χ1n) is 4.39. The maximum absolute atomic E-state index is 11.1. The molecule has 0 saturated heterocycles. The number of carbonyl (C=O) groups excluding carboxylic acids is 1. The average molecular weight is 223 g/mol. The van der Waals surface area contributed by atoms with Crippen molar-refractivity contribution in [2.45, 2.75) is 19.9 Å². The molecule has 0 saturated carbocycles. The second-order valence-corrected chi connectivity index (χ2v) is 4.82. The number of amides is 1. The molecule has 1 amide bonds. The molecule has 0 rings (SSSR count). The zero-order chi connectivity index (χ0) is 11.2. The van der Waals surface area contributed by atoms with Crippen molar-refractivity contribution in [2.75, 3.05) is 18.8 Å². The van der Waals surface area contributed by atoms with E-state index < -0.39 is 16.1 Å². The third-order valence-electron chi connectivity index (χ3n) is 1.45. The third-order valence-corrected chi connectivity index (χ3v) is 2.92. The zero-order valence-corrected chi connectivity index (χ0v) is 9.23. The van der Waals surface area contributed by atoms with Crippen molar-refractivity contribution < 1.29 is 13.2 Å². The second-order valence-electron chi connectivity index (χ2n) is 2.90. The van der Waals surface area contributed by atoms with E-state index in [1.165, 1.54) is 6.92 Å². The van der Waals surface area contributed by atoms with Gasteiger partial charge >= 0.3 is 0 Å². The molecule has 0 aliphatic rings. The molecule has 0 aliphatic carbocycles. The quantitative estimate of drug-likeness (QED) is 0.504. The molecule has 0 unspecified atom stereocenters. The van der Waals surface area contributed by atoms with Crippen LogP contribution in [0.15, 0.2) is 0 Å². The van der Waals surface area contributed by atoms with Gasteiger partial charge < -0.3 is 11.1 Å². The predicted octanol–water partition coefficient (Wildman–Crippen LogP) is -1.61. The van der Waals surface area contributed by atoms with Crippen molar-refractivity contribution in [2.24, 2.45) is 5.73 Å². The summed E-state index contributed by atoms with van der Waals surface area (Å²) >= 11 is 0. The minimum atomic E-state index is -3.26. The summed E-state index contributed by atoms with van der Waals surface area (Å²) in [4.78, 5) is 10.9. The monoisotopic (exact) mass is 223 g/mol. The van der Waals surface area contributed by atoms with Crippen LogP contribution in [0.5, 0.6) is 0 Å². The van der Waals surface area contributed by atoms with E-state index in [4.69, 9.17) is 5.73 Å². The number of hydrogen-bond donors (Lipinski definition) is 3. The van der Waals surface area contributed by atoms with Gasteiger partial charge in [-0.3, -0.25) is 4.79 Å². The normalized spacial score (nSPS) is 13.6. The Balaban J connectivity index is 3.80. The van der Waals surface area contributed by atoms with Crippen molar-refractivity contribution in [3.8, 4) is 0 Å². The van der Waals surface area contributed by atoms with E-state index in [1.54, 1.807) is 6.92 Å². The highest BCUT2D eigenvalue weighted by Crippen LogP contribution is 1.82. The van der Waals surface area contributed by atoms with Gasteiger partial charge in [0.1, 0.15) is 0 Å². The molecule has 0 heterocycles. The lowest BCUT2D eigenvalue weighted by atomic mass is 10.3. The molecule has 0 bridgehead atoms. The van der Waals surface area contributed by atoms with E-state index in [2.05, 4.69) is 10.0 Å². The summed E-state index contributed by atoms with van der Waals surface area (Å²) in [6, 6.07) is -0.614. The smallest absolute Gasteiger partial charge is 0.236 e. The van der Waals surface area contributed by atoms with Crippen LogP contribution in [0.1, 0.15) is 13.8 Å². The molecule has 84 valence electrons. The topological polar surface area (TPSA) is 101 Å². The van der Waals surface area contributed by atoms with Crippen LogP contribution in [0.2, 0.25) is 0 Å². The fourth-order valence-electron chi connectivity index (χ4n) is 0.762. The lowest BCUT2D eigenvalue weighted by Gasteiger charge is -2.08. The lowest BCUT2D eigenvalue weighted by molar-refractivity contribution is -0.121. The number of nitrogens with two attached hydrogens (primary N) is 1. The van der Waals surface area contributed by atoms with Crippen LogP contribution in [-0.4, -0.2) is 39.2 Å². The molecule has 4 N–H and O–H groups in total. The fraction of sp³-hybridized carbons (Fsp3) is 0.857. The van der Waals surface area contributed by atoms with Gasteiger partial charge in [-0.05, 0) is 6.92 Å². The van der Waals surface area contributed by atoms with Crippen LogP contribution in [0, 0.1) is 0 Å². The molecule has 0 aromatic rings. The van der Waals surface area contributed by atoms with Crippen molar-refractivity contribution in [3.05, 3.63) is 0 Å². The first-order chi connectivity index (χ1) is 6.39. The maximum atomic E-state index is 11.1. The highest BCUT2D eigenvalue weighted by Gasteiger charge is 2.10. The molecule has 0 radical (unpaired) electrons. The second kappa shape index (κ2) is 5.94. The van der Waals surface area contributed by atoms with Gasteiger partial charge in [0.25, 0.3) is 0 Å². The standard InChI is InChI=1S/C7H17N3O3S/c1-3-10-14(12,13)5-4-9-7(11)6(2)8/h6,10H,3-5,8H2,1-2H3,(H,9,11)/t6-/m1/s1. The molecule has 1 atom stereocenters. The van der Waals surface area contributed by atoms with Crippen LogP contribution in [0.25, 0.3) is 0 Å². The molecule has 0 aromatic carbocycles. The minimum Gasteiger partial charge on any atom is -0.354 e. The summed E-state index contributed by atoms with van der Waals surface area (Å²) in [6.07, 6.45) is 0. The van der Waals surface area contributed by atoms with Crippen LogP contribution >= 0.6 is 0 Å². The van der Waals surface area contributed by atoms with E-state index in [0.29, 0.717) is 6.54 Å². The Kier molecular flexibility index (Phi) is 5.66. The highest BCUT2D eigenvalue weighted by atomic mass is 32.2. The first-order valence-corrected chi connectivity index (χ1v) is 6.05. The van der Waals surface area contributed by atoms with E-state index in [9.17, 15) is 13.2 Å². The van der Waals surface area contributed by atoms with Gasteiger partial charge in [0, 0.05) is 13.1 Å². The zero-order valence-electron chi connectivity index (χ0n) is 8.41. The third kappa shape index (κ3) is 5.90. The molecule has 0 spiro atoms. The minimum absolute atomic E-state index is 0.0791. The Morgan fingerprint density at radius 3 is 2.50 bits per heavy atom. The fourth-order valence-corrected chi connectivity index (χ4v) is 1.72. The molecule has 0 fully saturated rings. The van der Waals surface area contributed by atoms with Crippen LogP contribution in [-0.2, 0) is 14.8 Å². The van der Waals surface area contributed by atoms with Crippen molar-refractivity contribution >= 4 is 15.9 Å². The number of rotatable bonds is 6. The van der Waals surface area contributed by atoms with E-state index in [-0.39, 0.29) is 18.2 Å². The number of hydrogen-bond acceptors (Lipinski definition) is 4. The molecular formula is C7H17N3O3S. The molecule has 14 heavy (non-hydrogen) atoms. The van der Waals surface area contributed by atoms with Gasteiger partial charge in [0.15, 0.2) is 0 Å². The van der Waals surface area contributed by atoms with Gasteiger partial charge in [0.05, 0.1) is 11.8 Å². The Morgan fingerprint density at radius 2 is 2.07 bits per heavy atom. The average Bonchev–Trinajstić information content (AvgIpc) is 2.03. The maximum Gasteiger partial charge on any atom is 0.236 e. The predicted molar refractivity (Wildman–Crippen MR) is 54.1 cm³/mol. The Morgan fingerprint density at radius 1 is 1.50 bits per heavy atom. The van der Waals surface area contributed by atoms with Crippen LogP contribution < -0.4 is 15.8 Å². The number of carbonyl (C=O) groups is 1. The molecular weight excluding hydrogens is 206 g/mol. The molecule has 6 nitrogen and oxygen atoms in total. The Hall–Kier alpha value is -0.660. The van der Waals surface area contributed by atoms with E-state index >= 15 is 0 Å². The summed E-state index contributed by atoms with van der Waals surface area (Å²) in [7, 11) is -3.26. The molecule has 7 heteroatoms. The van der Waals surface area contributed by atoms with Gasteiger partial charge in [-0.1, -0.05) is 6.92 Å². The lowest BCUT2D eigenvalue weighted by Crippen LogP contribution is -2.41. The van der Waals surface area contributed by atoms with Crippen LogP contribution in [0.3, 0.4) is 0 Å². The van der Waals surface area contributed by atoms with Gasteiger partial charge in [-0.2, -0.15) is 0 Å². The van der Waals surface area contributed by atoms with Crippen LogP contribution in [0.4, 0.5) is 0 Å². The number of sulfonamides is 1. The summed E-state index contributed by atoms with van der Waals surface area (Å²) in [5.41, 5.74) is 5.27. The Bertz CT molecular complexity index is 274.